The fraction of sp³-hybridized carbons (Fsp3) is 0.300. The smallest absolute Gasteiger partial charge is 0.244 e. The summed E-state index contributed by atoms with van der Waals surface area (Å²) < 4.78 is 0.694. The molecule has 5 heteroatoms. The molecular formula is C10H12ClNO2S. The third-order valence-electron chi connectivity index (χ3n) is 1.56. The molecule has 1 atom stereocenters. The van der Waals surface area contributed by atoms with Gasteiger partial charge in [0.05, 0.1) is 10.4 Å². The molecule has 1 aromatic rings. The number of halogens is 1. The highest BCUT2D eigenvalue weighted by Gasteiger charge is 1.99. The average molecular weight is 246 g/mol. The molecule has 15 heavy (non-hydrogen) atoms. The van der Waals surface area contributed by atoms with Gasteiger partial charge in [0.15, 0.2) is 0 Å². The predicted molar refractivity (Wildman–Crippen MR) is 63.1 cm³/mol. The molecule has 1 amide bonds. The summed E-state index contributed by atoms with van der Waals surface area (Å²) in [6.07, 6.45) is 2.58. The van der Waals surface area contributed by atoms with E-state index in [2.05, 4.69) is 5.32 Å². The number of carbonyl (C=O) groups excluding carboxylic acids is 1. The highest BCUT2D eigenvalue weighted by molar-refractivity contribution is 7.17. The van der Waals surface area contributed by atoms with Crippen LogP contribution in [0.1, 0.15) is 11.8 Å². The maximum atomic E-state index is 11.2. The lowest BCUT2D eigenvalue weighted by Crippen LogP contribution is -2.28. The Morgan fingerprint density at radius 2 is 2.47 bits per heavy atom. The van der Waals surface area contributed by atoms with Crippen molar-refractivity contribution in [1.29, 1.82) is 0 Å². The van der Waals surface area contributed by atoms with E-state index >= 15 is 0 Å². The molecule has 0 aromatic carbocycles. The summed E-state index contributed by atoms with van der Waals surface area (Å²) in [6.45, 7) is 1.87. The first-order valence-corrected chi connectivity index (χ1v) is 5.66. The topological polar surface area (TPSA) is 49.3 Å². The molecule has 1 aromatic heterocycles. The maximum absolute atomic E-state index is 11.2. The lowest BCUT2D eigenvalue weighted by Gasteiger charge is -2.03. The van der Waals surface area contributed by atoms with Crippen LogP contribution in [0, 0.1) is 0 Å². The first-order valence-electron chi connectivity index (χ1n) is 4.47. The minimum Gasteiger partial charge on any atom is -0.392 e. The number of amides is 1. The van der Waals surface area contributed by atoms with E-state index in [-0.39, 0.29) is 12.5 Å². The monoisotopic (exact) mass is 245 g/mol. The minimum atomic E-state index is -0.529. The Balaban J connectivity index is 2.40. The molecule has 3 nitrogen and oxygen atoms in total. The van der Waals surface area contributed by atoms with Gasteiger partial charge in [-0.05, 0) is 25.1 Å². The highest BCUT2D eigenvalue weighted by atomic mass is 35.5. The quantitative estimate of drug-likeness (QED) is 0.797. The van der Waals surface area contributed by atoms with Gasteiger partial charge in [0.25, 0.3) is 0 Å². The highest BCUT2D eigenvalue weighted by Crippen LogP contribution is 2.22. The summed E-state index contributed by atoms with van der Waals surface area (Å²) in [5.41, 5.74) is 0. The molecule has 0 spiro atoms. The zero-order valence-corrected chi connectivity index (χ0v) is 9.81. The molecule has 0 bridgehead atoms. The van der Waals surface area contributed by atoms with Gasteiger partial charge in [-0.2, -0.15) is 0 Å². The van der Waals surface area contributed by atoms with E-state index in [1.54, 1.807) is 19.1 Å². The number of nitrogens with one attached hydrogen (secondary N) is 1. The Morgan fingerprint density at radius 3 is 3.00 bits per heavy atom. The van der Waals surface area contributed by atoms with Crippen LogP contribution >= 0.6 is 22.9 Å². The van der Waals surface area contributed by atoms with Crippen LogP contribution < -0.4 is 5.32 Å². The molecule has 82 valence electrons. The SMILES string of the molecule is C[C@@H](O)CNC(=O)/C=C/c1ccc(Cl)s1. The third-order valence-corrected chi connectivity index (χ3v) is 2.76. The van der Waals surface area contributed by atoms with Gasteiger partial charge in [-0.3, -0.25) is 4.79 Å². The summed E-state index contributed by atoms with van der Waals surface area (Å²) >= 11 is 7.13. The molecule has 0 aliphatic heterocycles. The van der Waals surface area contributed by atoms with Crippen molar-refractivity contribution in [2.24, 2.45) is 0 Å². The van der Waals surface area contributed by atoms with E-state index < -0.39 is 6.10 Å². The van der Waals surface area contributed by atoms with Crippen LogP contribution in [0.3, 0.4) is 0 Å². The molecule has 1 heterocycles. The summed E-state index contributed by atoms with van der Waals surface area (Å²) in [5.74, 6) is -0.222. The van der Waals surface area contributed by atoms with Crippen molar-refractivity contribution in [3.63, 3.8) is 0 Å². The molecule has 0 aliphatic rings. The van der Waals surface area contributed by atoms with Crippen molar-refractivity contribution in [1.82, 2.24) is 5.32 Å². The fourth-order valence-electron chi connectivity index (χ4n) is 0.883. The van der Waals surface area contributed by atoms with Crippen molar-refractivity contribution in [3.05, 3.63) is 27.4 Å². The van der Waals surface area contributed by atoms with Crippen LogP contribution in [-0.2, 0) is 4.79 Å². The molecule has 1 rings (SSSR count). The molecule has 0 saturated carbocycles. The molecule has 2 N–H and O–H groups in total. The minimum absolute atomic E-state index is 0.222. The number of aliphatic hydroxyl groups is 1. The van der Waals surface area contributed by atoms with Crippen LogP contribution in [0.5, 0.6) is 0 Å². The Morgan fingerprint density at radius 1 is 1.73 bits per heavy atom. The van der Waals surface area contributed by atoms with E-state index in [0.29, 0.717) is 4.34 Å². The summed E-state index contributed by atoms with van der Waals surface area (Å²) in [5, 5.41) is 11.5. The van der Waals surface area contributed by atoms with E-state index in [1.807, 2.05) is 6.07 Å². The summed E-state index contributed by atoms with van der Waals surface area (Å²) in [7, 11) is 0. The van der Waals surface area contributed by atoms with Crippen molar-refractivity contribution in [3.8, 4) is 0 Å². The first kappa shape index (κ1) is 12.2. The van der Waals surface area contributed by atoms with Gasteiger partial charge in [-0.15, -0.1) is 11.3 Å². The zero-order valence-electron chi connectivity index (χ0n) is 8.24. The standard InChI is InChI=1S/C10H12ClNO2S/c1-7(13)6-12-10(14)5-3-8-2-4-9(11)15-8/h2-5,7,13H,6H2,1H3,(H,12,14)/b5-3+/t7-/m1/s1. The predicted octanol–water partition coefficient (Wildman–Crippen LogP) is 1.91. The van der Waals surface area contributed by atoms with E-state index in [4.69, 9.17) is 16.7 Å². The normalized spacial score (nSPS) is 13.0. The lowest BCUT2D eigenvalue weighted by atomic mass is 10.3. The van der Waals surface area contributed by atoms with Gasteiger partial charge < -0.3 is 10.4 Å². The van der Waals surface area contributed by atoms with Gasteiger partial charge in [-0.25, -0.2) is 0 Å². The summed E-state index contributed by atoms with van der Waals surface area (Å²) in [4.78, 5) is 12.1. The number of thiophene rings is 1. The van der Waals surface area contributed by atoms with Crippen LogP contribution in [0.4, 0.5) is 0 Å². The molecule has 0 fully saturated rings. The number of rotatable bonds is 4. The molecule has 0 unspecified atom stereocenters. The van der Waals surface area contributed by atoms with Gasteiger partial charge in [0.1, 0.15) is 0 Å². The molecule has 0 radical (unpaired) electrons. The second kappa shape index (κ2) is 5.90. The van der Waals surface area contributed by atoms with Crippen LogP contribution in [-0.4, -0.2) is 23.7 Å². The number of hydrogen-bond acceptors (Lipinski definition) is 3. The van der Waals surface area contributed by atoms with Crippen molar-refractivity contribution >= 4 is 34.9 Å². The molecular weight excluding hydrogens is 234 g/mol. The number of hydrogen-bond donors (Lipinski definition) is 2. The van der Waals surface area contributed by atoms with Crippen molar-refractivity contribution in [2.45, 2.75) is 13.0 Å². The van der Waals surface area contributed by atoms with E-state index in [9.17, 15) is 4.79 Å². The van der Waals surface area contributed by atoms with Gasteiger partial charge in [-0.1, -0.05) is 11.6 Å². The molecule has 0 saturated heterocycles. The lowest BCUT2D eigenvalue weighted by molar-refractivity contribution is -0.116. The van der Waals surface area contributed by atoms with E-state index in [1.165, 1.54) is 17.4 Å². The Hall–Kier alpha value is -0.840. The van der Waals surface area contributed by atoms with Gasteiger partial charge in [0, 0.05) is 17.5 Å². The van der Waals surface area contributed by atoms with Crippen molar-refractivity contribution < 1.29 is 9.90 Å². The van der Waals surface area contributed by atoms with E-state index in [0.717, 1.165) is 4.88 Å². The van der Waals surface area contributed by atoms with Crippen molar-refractivity contribution in [2.75, 3.05) is 6.54 Å². The second-order valence-electron chi connectivity index (χ2n) is 3.07. The Kier molecular flexibility index (Phi) is 4.81. The van der Waals surface area contributed by atoms with Gasteiger partial charge >= 0.3 is 0 Å². The van der Waals surface area contributed by atoms with Crippen LogP contribution in [0.25, 0.3) is 6.08 Å². The average Bonchev–Trinajstić information content (AvgIpc) is 2.58. The molecule has 0 aliphatic carbocycles. The Bertz CT molecular complexity index is 360. The first-order chi connectivity index (χ1) is 7.08. The van der Waals surface area contributed by atoms with Crippen LogP contribution in [0.15, 0.2) is 18.2 Å². The van der Waals surface area contributed by atoms with Gasteiger partial charge in [0.2, 0.25) is 5.91 Å². The summed E-state index contributed by atoms with van der Waals surface area (Å²) in [6, 6.07) is 3.62. The third kappa shape index (κ3) is 4.97. The number of aliphatic hydroxyl groups excluding tert-OH is 1. The van der Waals surface area contributed by atoms with Crippen LogP contribution in [0.2, 0.25) is 4.34 Å². The fourth-order valence-corrected chi connectivity index (χ4v) is 1.85. The zero-order chi connectivity index (χ0) is 11.3. The number of carbonyl (C=O) groups is 1. The maximum Gasteiger partial charge on any atom is 0.244 e. The Labute approximate surface area is 97.4 Å². The second-order valence-corrected chi connectivity index (χ2v) is 4.82. The largest absolute Gasteiger partial charge is 0.392 e.